The van der Waals surface area contributed by atoms with Crippen LogP contribution in [-0.2, 0) is 30.4 Å². The standard InChI is InChI=1S/C19H30N6O7/c1-9(2)4-14(19(31)32)25-16(28)10(3)23-18(30)13(5-11-7-21-8-22-11)24-17(29)12(20)6-15(26)27/h7-10,12-14H,4-6,20H2,1-3H3,(H,21,22)(H,23,30)(H,24,29)(H,25,28)(H,26,27)(H,31,32). The Bertz CT molecular complexity index is 811. The number of imidazole rings is 1. The van der Waals surface area contributed by atoms with Crippen LogP contribution in [0.4, 0.5) is 0 Å². The van der Waals surface area contributed by atoms with Gasteiger partial charge in [-0.2, -0.15) is 0 Å². The fraction of sp³-hybridized carbons (Fsp3) is 0.579. The van der Waals surface area contributed by atoms with Crippen molar-refractivity contribution in [3.63, 3.8) is 0 Å². The van der Waals surface area contributed by atoms with Crippen molar-refractivity contribution in [3.8, 4) is 0 Å². The third-order valence-electron chi connectivity index (χ3n) is 4.42. The molecule has 1 heterocycles. The molecule has 0 aromatic carbocycles. The number of nitrogens with zero attached hydrogens (tertiary/aromatic N) is 1. The van der Waals surface area contributed by atoms with E-state index in [9.17, 15) is 29.1 Å². The number of carboxylic acids is 2. The van der Waals surface area contributed by atoms with Crippen molar-refractivity contribution in [2.75, 3.05) is 0 Å². The predicted molar refractivity (Wildman–Crippen MR) is 111 cm³/mol. The van der Waals surface area contributed by atoms with E-state index in [1.165, 1.54) is 19.4 Å². The fourth-order valence-electron chi connectivity index (χ4n) is 2.75. The number of H-pyrrole nitrogens is 1. The highest BCUT2D eigenvalue weighted by Crippen LogP contribution is 2.06. The summed E-state index contributed by atoms with van der Waals surface area (Å²) in [7, 11) is 0. The van der Waals surface area contributed by atoms with Crippen molar-refractivity contribution in [1.82, 2.24) is 25.9 Å². The van der Waals surface area contributed by atoms with Crippen molar-refractivity contribution >= 4 is 29.7 Å². The summed E-state index contributed by atoms with van der Waals surface area (Å²) >= 11 is 0. The average molecular weight is 454 g/mol. The van der Waals surface area contributed by atoms with Crippen LogP contribution >= 0.6 is 0 Å². The van der Waals surface area contributed by atoms with Crippen LogP contribution in [0.3, 0.4) is 0 Å². The molecule has 13 heteroatoms. The van der Waals surface area contributed by atoms with Gasteiger partial charge in [0.2, 0.25) is 17.7 Å². The third kappa shape index (κ3) is 9.12. The summed E-state index contributed by atoms with van der Waals surface area (Å²) in [6.45, 7) is 4.99. The zero-order chi connectivity index (χ0) is 24.4. The molecule has 0 spiro atoms. The second kappa shape index (κ2) is 12.4. The van der Waals surface area contributed by atoms with Crippen LogP contribution in [0.25, 0.3) is 0 Å². The van der Waals surface area contributed by atoms with Gasteiger partial charge in [0, 0.05) is 18.3 Å². The minimum atomic E-state index is -1.38. The van der Waals surface area contributed by atoms with Crippen molar-refractivity contribution in [2.24, 2.45) is 11.7 Å². The van der Waals surface area contributed by atoms with Gasteiger partial charge in [-0.25, -0.2) is 9.78 Å². The molecule has 1 rings (SSSR count). The second-order valence-electron chi connectivity index (χ2n) is 7.81. The summed E-state index contributed by atoms with van der Waals surface area (Å²) in [5.74, 6) is -4.75. The third-order valence-corrected chi connectivity index (χ3v) is 4.42. The first kappa shape index (κ1) is 26.6. The van der Waals surface area contributed by atoms with Gasteiger partial charge in [0.05, 0.1) is 18.8 Å². The maximum absolute atomic E-state index is 12.7. The van der Waals surface area contributed by atoms with Gasteiger partial charge in [-0.3, -0.25) is 19.2 Å². The number of carbonyl (C=O) groups excluding carboxylic acids is 3. The van der Waals surface area contributed by atoms with Gasteiger partial charge in [-0.1, -0.05) is 13.8 Å². The van der Waals surface area contributed by atoms with E-state index in [-0.39, 0.29) is 18.8 Å². The Hall–Kier alpha value is -3.48. The summed E-state index contributed by atoms with van der Waals surface area (Å²) in [6, 6.07) is -4.79. The highest BCUT2D eigenvalue weighted by molar-refractivity contribution is 5.94. The van der Waals surface area contributed by atoms with E-state index in [4.69, 9.17) is 10.8 Å². The average Bonchev–Trinajstić information content (AvgIpc) is 3.18. The normalized spacial score (nSPS) is 14.7. The summed E-state index contributed by atoms with van der Waals surface area (Å²) in [5.41, 5.74) is 6.05. The molecule has 0 radical (unpaired) electrons. The first-order chi connectivity index (χ1) is 14.9. The van der Waals surface area contributed by atoms with Gasteiger partial charge in [0.25, 0.3) is 0 Å². The number of hydrogen-bond donors (Lipinski definition) is 7. The maximum atomic E-state index is 12.7. The molecule has 0 saturated carbocycles. The van der Waals surface area contributed by atoms with E-state index in [2.05, 4.69) is 25.9 Å². The molecule has 0 bridgehead atoms. The van der Waals surface area contributed by atoms with E-state index in [1.807, 2.05) is 13.8 Å². The van der Waals surface area contributed by atoms with Crippen LogP contribution in [0.2, 0.25) is 0 Å². The molecule has 13 nitrogen and oxygen atoms in total. The minimum Gasteiger partial charge on any atom is -0.481 e. The van der Waals surface area contributed by atoms with Crippen LogP contribution in [0, 0.1) is 5.92 Å². The van der Waals surface area contributed by atoms with Crippen molar-refractivity contribution < 1.29 is 34.2 Å². The number of nitrogens with two attached hydrogens (primary N) is 1. The number of aromatic nitrogens is 2. The maximum Gasteiger partial charge on any atom is 0.326 e. The zero-order valence-corrected chi connectivity index (χ0v) is 18.1. The Labute approximate surface area is 184 Å². The molecule has 4 atom stereocenters. The largest absolute Gasteiger partial charge is 0.481 e. The first-order valence-electron chi connectivity index (χ1n) is 9.99. The second-order valence-corrected chi connectivity index (χ2v) is 7.81. The number of carboxylic acid groups (broad SMARTS) is 2. The van der Waals surface area contributed by atoms with Crippen molar-refractivity contribution in [2.45, 2.75) is 64.2 Å². The number of carbonyl (C=O) groups is 5. The molecule has 0 saturated heterocycles. The summed E-state index contributed by atoms with van der Waals surface area (Å²) in [4.78, 5) is 66.1. The molecule has 4 unspecified atom stereocenters. The van der Waals surface area contributed by atoms with Crippen LogP contribution in [0.5, 0.6) is 0 Å². The molecule has 178 valence electrons. The van der Waals surface area contributed by atoms with E-state index >= 15 is 0 Å². The molecule has 0 aliphatic heterocycles. The van der Waals surface area contributed by atoms with Crippen molar-refractivity contribution in [3.05, 3.63) is 18.2 Å². The van der Waals surface area contributed by atoms with Gasteiger partial charge >= 0.3 is 11.9 Å². The number of aromatic amines is 1. The molecule has 0 fully saturated rings. The number of amides is 3. The van der Waals surface area contributed by atoms with Gasteiger partial charge in [-0.05, 0) is 19.3 Å². The molecule has 8 N–H and O–H groups in total. The lowest BCUT2D eigenvalue weighted by atomic mass is 10.0. The quantitative estimate of drug-likeness (QED) is 0.181. The Morgan fingerprint density at radius 1 is 1.00 bits per heavy atom. The Balaban J connectivity index is 2.85. The predicted octanol–water partition coefficient (Wildman–Crippen LogP) is -1.64. The first-order valence-corrected chi connectivity index (χ1v) is 9.99. The molecule has 32 heavy (non-hydrogen) atoms. The highest BCUT2D eigenvalue weighted by atomic mass is 16.4. The smallest absolute Gasteiger partial charge is 0.326 e. The molecule has 0 aliphatic carbocycles. The lowest BCUT2D eigenvalue weighted by Gasteiger charge is -2.23. The number of aliphatic carboxylic acids is 2. The van der Waals surface area contributed by atoms with Crippen LogP contribution < -0.4 is 21.7 Å². The molecule has 1 aromatic rings. The van der Waals surface area contributed by atoms with E-state index in [1.54, 1.807) is 0 Å². The van der Waals surface area contributed by atoms with Gasteiger partial charge in [-0.15, -0.1) is 0 Å². The van der Waals surface area contributed by atoms with Gasteiger partial charge in [0.1, 0.15) is 18.1 Å². The minimum absolute atomic E-state index is 0.0188. The molecular formula is C19H30N6O7. The molecule has 3 amide bonds. The number of nitrogens with one attached hydrogen (secondary N) is 4. The highest BCUT2D eigenvalue weighted by Gasteiger charge is 2.29. The van der Waals surface area contributed by atoms with Crippen LogP contribution in [0.15, 0.2) is 12.5 Å². The summed E-state index contributed by atoms with van der Waals surface area (Å²) in [6.07, 6.45) is 2.36. The Morgan fingerprint density at radius 2 is 1.62 bits per heavy atom. The Morgan fingerprint density at radius 3 is 2.12 bits per heavy atom. The topological polar surface area (TPSA) is 217 Å². The van der Waals surface area contributed by atoms with Crippen molar-refractivity contribution in [1.29, 1.82) is 0 Å². The van der Waals surface area contributed by atoms with Gasteiger partial charge in [0.15, 0.2) is 0 Å². The van der Waals surface area contributed by atoms with E-state index in [0.29, 0.717) is 5.69 Å². The fourth-order valence-corrected chi connectivity index (χ4v) is 2.75. The molecule has 0 aliphatic rings. The zero-order valence-electron chi connectivity index (χ0n) is 18.1. The van der Waals surface area contributed by atoms with E-state index in [0.717, 1.165) is 0 Å². The van der Waals surface area contributed by atoms with Gasteiger partial charge < -0.3 is 36.9 Å². The Kier molecular flexibility index (Phi) is 10.3. The van der Waals surface area contributed by atoms with Crippen LogP contribution in [0.1, 0.15) is 39.3 Å². The number of rotatable bonds is 13. The summed E-state index contributed by atoms with van der Waals surface area (Å²) < 4.78 is 0. The molecule has 1 aromatic heterocycles. The monoisotopic (exact) mass is 454 g/mol. The lowest BCUT2D eigenvalue weighted by Crippen LogP contribution is -2.57. The lowest BCUT2D eigenvalue weighted by molar-refractivity contribution is -0.142. The number of hydrogen-bond acceptors (Lipinski definition) is 7. The summed E-state index contributed by atoms with van der Waals surface area (Å²) in [5, 5.41) is 25.2. The molecular weight excluding hydrogens is 424 g/mol. The van der Waals surface area contributed by atoms with E-state index < -0.39 is 60.2 Å². The SMILES string of the molecule is CC(C)CC(NC(=O)C(C)NC(=O)C(Cc1cnc[nH]1)NC(=O)C(N)CC(=O)O)C(=O)O. The van der Waals surface area contributed by atoms with Crippen LogP contribution in [-0.4, -0.2) is 74.0 Å².